The van der Waals surface area contributed by atoms with Gasteiger partial charge < -0.3 is 10.6 Å². The summed E-state index contributed by atoms with van der Waals surface area (Å²) in [5.74, 6) is -0.425. The van der Waals surface area contributed by atoms with Crippen molar-refractivity contribution in [1.29, 1.82) is 0 Å². The summed E-state index contributed by atoms with van der Waals surface area (Å²) in [6.45, 7) is 4.10. The maximum atomic E-state index is 13.3. The van der Waals surface area contributed by atoms with Crippen LogP contribution in [0.2, 0.25) is 0 Å². The summed E-state index contributed by atoms with van der Waals surface area (Å²) in [4.78, 5) is 11.6. The van der Waals surface area contributed by atoms with Gasteiger partial charge in [0.1, 0.15) is 5.82 Å². The Kier molecular flexibility index (Phi) is 6.19. The number of anilines is 1. The van der Waals surface area contributed by atoms with Crippen LogP contribution in [0.5, 0.6) is 0 Å². The van der Waals surface area contributed by atoms with Crippen LogP contribution in [0.4, 0.5) is 14.9 Å². The molecule has 0 spiro atoms. The van der Waals surface area contributed by atoms with E-state index < -0.39 is 5.82 Å². The lowest BCUT2D eigenvalue weighted by molar-refractivity contribution is 0.248. The molecule has 0 aliphatic carbocycles. The van der Waals surface area contributed by atoms with E-state index in [1.54, 1.807) is 12.1 Å². The number of amides is 2. The van der Waals surface area contributed by atoms with Crippen molar-refractivity contribution in [3.63, 3.8) is 0 Å². The molecule has 0 saturated heterocycles. The first-order valence-corrected chi connectivity index (χ1v) is 6.45. The van der Waals surface area contributed by atoms with Crippen molar-refractivity contribution in [3.8, 4) is 0 Å². The fourth-order valence-corrected chi connectivity index (χ4v) is 1.72. The zero-order chi connectivity index (χ0) is 13.4. The lowest BCUT2D eigenvalue weighted by atomic mass is 10.1. The molecular formula is C14H21FN2O. The third kappa shape index (κ3) is 5.17. The number of nitrogens with one attached hydrogen (secondary N) is 2. The molecule has 1 atom stereocenters. The Morgan fingerprint density at radius 1 is 1.33 bits per heavy atom. The van der Waals surface area contributed by atoms with Crippen LogP contribution in [0.25, 0.3) is 0 Å². The van der Waals surface area contributed by atoms with Crippen molar-refractivity contribution in [1.82, 2.24) is 5.32 Å². The van der Waals surface area contributed by atoms with Gasteiger partial charge in [-0.3, -0.25) is 0 Å². The van der Waals surface area contributed by atoms with Gasteiger partial charge in [0.25, 0.3) is 0 Å². The standard InChI is InChI=1S/C14H21FN2O/c1-3-4-5-8-11(2)16-14(18)17-13-10-7-6-9-12(13)15/h6-7,9-11H,3-5,8H2,1-2H3,(H2,16,17,18)/t11-/m0/s1. The molecule has 0 aliphatic heterocycles. The molecule has 0 unspecified atom stereocenters. The molecule has 0 fully saturated rings. The third-order valence-electron chi connectivity index (χ3n) is 2.74. The smallest absolute Gasteiger partial charge is 0.319 e. The van der Waals surface area contributed by atoms with Crippen molar-refractivity contribution < 1.29 is 9.18 Å². The Morgan fingerprint density at radius 3 is 2.72 bits per heavy atom. The fourth-order valence-electron chi connectivity index (χ4n) is 1.72. The largest absolute Gasteiger partial charge is 0.335 e. The number of para-hydroxylation sites is 1. The molecule has 100 valence electrons. The first-order chi connectivity index (χ1) is 8.63. The summed E-state index contributed by atoms with van der Waals surface area (Å²) < 4.78 is 13.3. The van der Waals surface area contributed by atoms with E-state index in [1.165, 1.54) is 18.6 Å². The van der Waals surface area contributed by atoms with E-state index in [0.29, 0.717) is 0 Å². The molecule has 18 heavy (non-hydrogen) atoms. The molecule has 0 radical (unpaired) electrons. The second kappa shape index (κ2) is 7.69. The Morgan fingerprint density at radius 2 is 2.06 bits per heavy atom. The zero-order valence-electron chi connectivity index (χ0n) is 11.0. The molecule has 1 rings (SSSR count). The summed E-state index contributed by atoms with van der Waals surface area (Å²) in [7, 11) is 0. The average Bonchev–Trinajstić information content (AvgIpc) is 2.32. The Labute approximate surface area is 108 Å². The molecule has 2 N–H and O–H groups in total. The summed E-state index contributed by atoms with van der Waals surface area (Å²) >= 11 is 0. The van der Waals surface area contributed by atoms with Crippen molar-refractivity contribution in [2.75, 3.05) is 5.32 Å². The van der Waals surface area contributed by atoms with Gasteiger partial charge in [-0.1, -0.05) is 38.3 Å². The van der Waals surface area contributed by atoms with Crippen molar-refractivity contribution >= 4 is 11.7 Å². The number of carbonyl (C=O) groups excluding carboxylic acids is 1. The molecule has 1 aromatic carbocycles. The van der Waals surface area contributed by atoms with Crippen LogP contribution in [0, 0.1) is 5.82 Å². The Balaban J connectivity index is 2.35. The van der Waals surface area contributed by atoms with Crippen molar-refractivity contribution in [2.45, 2.75) is 45.6 Å². The first-order valence-electron chi connectivity index (χ1n) is 6.45. The molecular weight excluding hydrogens is 231 g/mol. The molecule has 1 aromatic rings. The number of benzene rings is 1. The molecule has 3 nitrogen and oxygen atoms in total. The number of carbonyl (C=O) groups is 1. The molecule has 0 aromatic heterocycles. The molecule has 4 heteroatoms. The lowest BCUT2D eigenvalue weighted by Crippen LogP contribution is -2.36. The van der Waals surface area contributed by atoms with E-state index in [-0.39, 0.29) is 17.8 Å². The van der Waals surface area contributed by atoms with Gasteiger partial charge in [-0.15, -0.1) is 0 Å². The number of urea groups is 1. The van der Waals surface area contributed by atoms with Crippen LogP contribution in [0.3, 0.4) is 0 Å². The predicted molar refractivity (Wildman–Crippen MR) is 72.2 cm³/mol. The van der Waals surface area contributed by atoms with Crippen LogP contribution in [0.1, 0.15) is 39.5 Å². The molecule has 0 bridgehead atoms. The van der Waals surface area contributed by atoms with Gasteiger partial charge in [0, 0.05) is 6.04 Å². The van der Waals surface area contributed by atoms with Crippen molar-refractivity contribution in [3.05, 3.63) is 30.1 Å². The Hall–Kier alpha value is -1.58. The predicted octanol–water partition coefficient (Wildman–Crippen LogP) is 3.92. The van der Waals surface area contributed by atoms with Crippen LogP contribution >= 0.6 is 0 Å². The number of unbranched alkanes of at least 4 members (excludes halogenated alkanes) is 2. The summed E-state index contributed by atoms with van der Waals surface area (Å²) in [6, 6.07) is 5.87. The number of halogens is 1. The van der Waals surface area contributed by atoms with Gasteiger partial charge in [0.05, 0.1) is 5.69 Å². The second-order valence-electron chi connectivity index (χ2n) is 4.48. The maximum absolute atomic E-state index is 13.3. The van der Waals surface area contributed by atoms with Gasteiger partial charge in [-0.05, 0) is 25.5 Å². The third-order valence-corrected chi connectivity index (χ3v) is 2.74. The second-order valence-corrected chi connectivity index (χ2v) is 4.48. The average molecular weight is 252 g/mol. The topological polar surface area (TPSA) is 41.1 Å². The molecule has 0 heterocycles. The lowest BCUT2D eigenvalue weighted by Gasteiger charge is -2.14. The molecule has 0 aliphatic rings. The summed E-state index contributed by atoms with van der Waals surface area (Å²) in [5.41, 5.74) is 0.204. The van der Waals surface area contributed by atoms with E-state index in [0.717, 1.165) is 19.3 Å². The van der Waals surface area contributed by atoms with Gasteiger partial charge in [-0.25, -0.2) is 9.18 Å². The first kappa shape index (κ1) is 14.5. The minimum absolute atomic E-state index is 0.100. The van der Waals surface area contributed by atoms with E-state index >= 15 is 0 Å². The van der Waals surface area contributed by atoms with E-state index in [1.807, 2.05) is 6.92 Å². The van der Waals surface area contributed by atoms with Crippen LogP contribution < -0.4 is 10.6 Å². The SMILES string of the molecule is CCCCC[C@H](C)NC(=O)Nc1ccccc1F. The molecule has 2 amide bonds. The molecule has 0 saturated carbocycles. The monoisotopic (exact) mass is 252 g/mol. The van der Waals surface area contributed by atoms with Gasteiger partial charge in [0.15, 0.2) is 0 Å². The van der Waals surface area contributed by atoms with E-state index in [2.05, 4.69) is 17.6 Å². The van der Waals surface area contributed by atoms with E-state index in [9.17, 15) is 9.18 Å². The highest BCUT2D eigenvalue weighted by atomic mass is 19.1. The van der Waals surface area contributed by atoms with Gasteiger partial charge in [-0.2, -0.15) is 0 Å². The van der Waals surface area contributed by atoms with Gasteiger partial charge in [0.2, 0.25) is 0 Å². The highest BCUT2D eigenvalue weighted by Crippen LogP contribution is 2.12. The normalized spacial score (nSPS) is 11.9. The maximum Gasteiger partial charge on any atom is 0.319 e. The van der Waals surface area contributed by atoms with Gasteiger partial charge >= 0.3 is 6.03 Å². The van der Waals surface area contributed by atoms with Crippen molar-refractivity contribution in [2.24, 2.45) is 0 Å². The highest BCUT2D eigenvalue weighted by Gasteiger charge is 2.08. The Bertz CT molecular complexity index is 382. The number of hydrogen-bond acceptors (Lipinski definition) is 1. The van der Waals surface area contributed by atoms with Crippen LogP contribution in [0.15, 0.2) is 24.3 Å². The van der Waals surface area contributed by atoms with E-state index in [4.69, 9.17) is 0 Å². The van der Waals surface area contributed by atoms with Crippen LogP contribution in [-0.2, 0) is 0 Å². The minimum atomic E-state index is -0.425. The number of rotatable bonds is 6. The van der Waals surface area contributed by atoms with Crippen LogP contribution in [-0.4, -0.2) is 12.1 Å². The summed E-state index contributed by atoms with van der Waals surface area (Å²) in [5, 5.41) is 5.30. The minimum Gasteiger partial charge on any atom is -0.335 e. The summed E-state index contributed by atoms with van der Waals surface area (Å²) in [6.07, 6.45) is 4.37. The number of hydrogen-bond donors (Lipinski definition) is 2. The zero-order valence-corrected chi connectivity index (χ0v) is 11.0. The fraction of sp³-hybridized carbons (Fsp3) is 0.500. The quantitative estimate of drug-likeness (QED) is 0.740. The highest BCUT2D eigenvalue weighted by molar-refractivity contribution is 5.89.